The maximum atomic E-state index is 13.0. The first-order valence-corrected chi connectivity index (χ1v) is 9.54. The van der Waals surface area contributed by atoms with Crippen LogP contribution in [0.5, 0.6) is 0 Å². The highest BCUT2D eigenvalue weighted by Crippen LogP contribution is 2.31. The van der Waals surface area contributed by atoms with Crippen LogP contribution >= 0.6 is 11.3 Å². The average Bonchev–Trinajstić information content (AvgIpc) is 3.26. The topological polar surface area (TPSA) is 117 Å². The number of anilines is 2. The summed E-state index contributed by atoms with van der Waals surface area (Å²) in [6.45, 7) is 2.81. The summed E-state index contributed by atoms with van der Waals surface area (Å²) < 4.78 is 0.665. The minimum atomic E-state index is -0.483. The van der Waals surface area contributed by atoms with Crippen molar-refractivity contribution in [3.63, 3.8) is 0 Å². The third kappa shape index (κ3) is 3.56. The number of hydrogen-bond acceptors (Lipinski definition) is 8. The largest absolute Gasteiger partial charge is 0.391 e. The van der Waals surface area contributed by atoms with Crippen molar-refractivity contribution >= 4 is 38.4 Å². The van der Waals surface area contributed by atoms with E-state index in [1.807, 2.05) is 19.1 Å². The lowest BCUT2D eigenvalue weighted by molar-refractivity contribution is 0.0761. The Morgan fingerprint density at radius 3 is 3.04 bits per heavy atom. The van der Waals surface area contributed by atoms with Gasteiger partial charge in [0.25, 0.3) is 5.91 Å². The minimum Gasteiger partial charge on any atom is -0.391 e. The number of thiophene rings is 1. The Balaban J connectivity index is 1.69. The van der Waals surface area contributed by atoms with Gasteiger partial charge in [0.2, 0.25) is 5.95 Å². The smallest absolute Gasteiger partial charge is 0.274 e. The number of β-amino-alcohol motifs (C(OH)–C–C–N with tert-alkyl or cyclic N) is 1. The van der Waals surface area contributed by atoms with Gasteiger partial charge >= 0.3 is 0 Å². The molecule has 3 aromatic rings. The molecular formula is C18H20N6O2S. The van der Waals surface area contributed by atoms with Gasteiger partial charge in [0.05, 0.1) is 27.4 Å². The van der Waals surface area contributed by atoms with Crippen LogP contribution in [0.3, 0.4) is 0 Å². The number of aliphatic hydroxyl groups excluding tert-OH is 1. The Labute approximate surface area is 160 Å². The molecule has 140 valence electrons. The number of rotatable bonds is 4. The van der Waals surface area contributed by atoms with Crippen LogP contribution in [0.15, 0.2) is 30.6 Å². The Morgan fingerprint density at radius 2 is 2.33 bits per heavy atom. The van der Waals surface area contributed by atoms with Crippen LogP contribution in [-0.2, 0) is 0 Å². The highest BCUT2D eigenvalue weighted by atomic mass is 32.1. The Morgan fingerprint density at radius 1 is 1.48 bits per heavy atom. The first kappa shape index (κ1) is 17.6. The van der Waals surface area contributed by atoms with E-state index in [-0.39, 0.29) is 11.9 Å². The van der Waals surface area contributed by atoms with Gasteiger partial charge in [-0.05, 0) is 31.0 Å². The van der Waals surface area contributed by atoms with Crippen molar-refractivity contribution in [2.75, 3.05) is 24.1 Å². The predicted molar refractivity (Wildman–Crippen MR) is 105 cm³/mol. The summed E-state index contributed by atoms with van der Waals surface area (Å²) in [5, 5.41) is 13.6. The van der Waals surface area contributed by atoms with E-state index in [0.29, 0.717) is 46.4 Å². The molecular weight excluding hydrogens is 364 g/mol. The average molecular weight is 384 g/mol. The Bertz CT molecular complexity index is 977. The fourth-order valence-electron chi connectivity index (χ4n) is 3.14. The van der Waals surface area contributed by atoms with Crippen LogP contribution in [0.4, 0.5) is 10.9 Å². The molecule has 0 spiro atoms. The number of hydrogen-bond donors (Lipinski definition) is 3. The number of aliphatic hydroxyl groups is 1. The van der Waals surface area contributed by atoms with Crippen molar-refractivity contribution in [2.24, 2.45) is 0 Å². The van der Waals surface area contributed by atoms with E-state index >= 15 is 0 Å². The number of carbonyl (C=O) groups excluding carboxylic acids is 1. The van der Waals surface area contributed by atoms with E-state index in [1.54, 1.807) is 23.4 Å². The molecule has 0 radical (unpaired) electrons. The van der Waals surface area contributed by atoms with E-state index in [4.69, 9.17) is 5.73 Å². The summed E-state index contributed by atoms with van der Waals surface area (Å²) in [6, 6.07) is 5.49. The molecule has 4 N–H and O–H groups in total. The monoisotopic (exact) mass is 384 g/mol. The van der Waals surface area contributed by atoms with Gasteiger partial charge in [0.1, 0.15) is 0 Å². The quantitative estimate of drug-likeness (QED) is 0.630. The van der Waals surface area contributed by atoms with E-state index in [9.17, 15) is 9.90 Å². The van der Waals surface area contributed by atoms with E-state index in [0.717, 1.165) is 5.56 Å². The lowest BCUT2D eigenvalue weighted by atomic mass is 10.1. The molecule has 1 saturated heterocycles. The number of carbonyl (C=O) groups is 1. The summed E-state index contributed by atoms with van der Waals surface area (Å²) in [7, 11) is 0. The normalized spacial score (nSPS) is 18.0. The molecule has 1 amide bonds. The number of nitrogens with zero attached hydrogens (tertiary/aromatic N) is 4. The second kappa shape index (κ2) is 7.09. The molecule has 0 saturated carbocycles. The summed E-state index contributed by atoms with van der Waals surface area (Å²) in [6.07, 6.45) is 3.59. The van der Waals surface area contributed by atoms with Gasteiger partial charge < -0.3 is 21.1 Å². The maximum Gasteiger partial charge on any atom is 0.274 e. The second-order valence-electron chi connectivity index (χ2n) is 6.61. The maximum absolute atomic E-state index is 13.0. The lowest BCUT2D eigenvalue weighted by Gasteiger charge is -2.17. The Kier molecular flexibility index (Phi) is 4.63. The van der Waals surface area contributed by atoms with Crippen molar-refractivity contribution in [3.05, 3.63) is 41.9 Å². The van der Waals surface area contributed by atoms with Gasteiger partial charge in [-0.25, -0.2) is 9.97 Å². The SMILES string of the molecule is CC(Nc1nc(C(=O)N2CC[C@H](O)C2)c2sc(N)cc2n1)c1cccnc1. The van der Waals surface area contributed by atoms with Crippen LogP contribution in [0, 0.1) is 0 Å². The number of nitrogens with two attached hydrogens (primary N) is 1. The standard InChI is InChI=1S/C18H20N6O2S/c1-10(11-3-2-5-20-8-11)21-18-22-13-7-14(19)27-16(13)15(23-18)17(26)24-6-4-12(25)9-24/h2-3,5,7-8,10,12,25H,4,6,9,19H2,1H3,(H,21,22,23)/t10?,12-/m0/s1. The number of nitrogens with one attached hydrogen (secondary N) is 1. The minimum absolute atomic E-state index is 0.0799. The Hall–Kier alpha value is -2.78. The number of aromatic nitrogens is 3. The number of fused-ring (bicyclic) bond motifs is 1. The molecule has 0 bridgehead atoms. The molecule has 4 heterocycles. The highest BCUT2D eigenvalue weighted by Gasteiger charge is 2.29. The first-order valence-electron chi connectivity index (χ1n) is 8.72. The molecule has 1 aliphatic rings. The number of amides is 1. The van der Waals surface area contributed by atoms with Crippen molar-refractivity contribution < 1.29 is 9.90 Å². The van der Waals surface area contributed by atoms with Crippen LogP contribution in [0.2, 0.25) is 0 Å². The second-order valence-corrected chi connectivity index (χ2v) is 7.69. The van der Waals surface area contributed by atoms with Gasteiger partial charge in [-0.1, -0.05) is 6.07 Å². The van der Waals surface area contributed by atoms with Gasteiger partial charge in [-0.15, -0.1) is 11.3 Å². The molecule has 3 aromatic heterocycles. The molecule has 1 unspecified atom stereocenters. The lowest BCUT2D eigenvalue weighted by Crippen LogP contribution is -2.30. The van der Waals surface area contributed by atoms with E-state index in [2.05, 4.69) is 20.3 Å². The predicted octanol–water partition coefficient (Wildman–Crippen LogP) is 2.05. The third-order valence-electron chi connectivity index (χ3n) is 4.57. The number of pyridine rings is 1. The summed E-state index contributed by atoms with van der Waals surface area (Å²) >= 11 is 1.30. The summed E-state index contributed by atoms with van der Waals surface area (Å²) in [5.74, 6) is 0.151. The number of likely N-dealkylation sites (tertiary alicyclic amines) is 1. The van der Waals surface area contributed by atoms with Crippen molar-refractivity contribution in [1.82, 2.24) is 19.9 Å². The molecule has 0 aliphatic carbocycles. The van der Waals surface area contributed by atoms with Crippen LogP contribution in [0.25, 0.3) is 10.2 Å². The molecule has 8 nitrogen and oxygen atoms in total. The molecule has 4 rings (SSSR count). The van der Waals surface area contributed by atoms with Crippen LogP contribution in [0.1, 0.15) is 35.4 Å². The van der Waals surface area contributed by atoms with Crippen molar-refractivity contribution in [2.45, 2.75) is 25.5 Å². The molecule has 1 aliphatic heterocycles. The molecule has 27 heavy (non-hydrogen) atoms. The van der Waals surface area contributed by atoms with Crippen LogP contribution in [-0.4, -0.2) is 50.1 Å². The highest BCUT2D eigenvalue weighted by molar-refractivity contribution is 7.22. The zero-order chi connectivity index (χ0) is 19.0. The van der Waals surface area contributed by atoms with E-state index < -0.39 is 6.10 Å². The van der Waals surface area contributed by atoms with Crippen molar-refractivity contribution in [1.29, 1.82) is 0 Å². The molecule has 2 atom stereocenters. The van der Waals surface area contributed by atoms with Gasteiger partial charge in [-0.3, -0.25) is 9.78 Å². The van der Waals surface area contributed by atoms with Gasteiger partial charge in [0.15, 0.2) is 5.69 Å². The zero-order valence-electron chi connectivity index (χ0n) is 14.8. The molecule has 9 heteroatoms. The summed E-state index contributed by atoms with van der Waals surface area (Å²) in [4.78, 5) is 27.7. The zero-order valence-corrected chi connectivity index (χ0v) is 15.6. The summed E-state index contributed by atoms with van der Waals surface area (Å²) in [5.41, 5.74) is 7.87. The van der Waals surface area contributed by atoms with Crippen LogP contribution < -0.4 is 11.1 Å². The third-order valence-corrected chi connectivity index (χ3v) is 5.53. The fourth-order valence-corrected chi connectivity index (χ4v) is 3.99. The molecule has 1 fully saturated rings. The van der Waals surface area contributed by atoms with E-state index in [1.165, 1.54) is 11.3 Å². The molecule has 0 aromatic carbocycles. The fraction of sp³-hybridized carbons (Fsp3) is 0.333. The van der Waals surface area contributed by atoms with Gasteiger partial charge in [0, 0.05) is 25.5 Å². The first-order chi connectivity index (χ1) is 13.0. The number of nitrogen functional groups attached to an aromatic ring is 1. The van der Waals surface area contributed by atoms with Gasteiger partial charge in [-0.2, -0.15) is 0 Å². The van der Waals surface area contributed by atoms with Crippen molar-refractivity contribution in [3.8, 4) is 0 Å².